The SMILES string of the molecule is Cc1nc2cc(NC(=O)C3CCC(N)C3)ccc2o1. The van der Waals surface area contributed by atoms with E-state index in [0.717, 1.165) is 36.0 Å². The monoisotopic (exact) mass is 259 g/mol. The van der Waals surface area contributed by atoms with Gasteiger partial charge in [-0.15, -0.1) is 0 Å². The first-order valence-electron chi connectivity index (χ1n) is 6.55. The van der Waals surface area contributed by atoms with E-state index in [2.05, 4.69) is 10.3 Å². The van der Waals surface area contributed by atoms with E-state index >= 15 is 0 Å². The highest BCUT2D eigenvalue weighted by Gasteiger charge is 2.27. The molecule has 100 valence electrons. The van der Waals surface area contributed by atoms with Gasteiger partial charge in [0.1, 0.15) is 5.52 Å². The lowest BCUT2D eigenvalue weighted by molar-refractivity contribution is -0.119. The van der Waals surface area contributed by atoms with Crippen molar-refractivity contribution in [1.29, 1.82) is 0 Å². The Morgan fingerprint density at radius 2 is 2.32 bits per heavy atom. The number of rotatable bonds is 2. The molecule has 1 aliphatic rings. The number of oxazole rings is 1. The van der Waals surface area contributed by atoms with Gasteiger partial charge in [-0.05, 0) is 37.5 Å². The minimum Gasteiger partial charge on any atom is -0.441 e. The number of aromatic nitrogens is 1. The summed E-state index contributed by atoms with van der Waals surface area (Å²) < 4.78 is 5.40. The fourth-order valence-electron chi connectivity index (χ4n) is 2.62. The molecule has 1 heterocycles. The number of anilines is 1. The number of carbonyl (C=O) groups excluding carboxylic acids is 1. The van der Waals surface area contributed by atoms with Crippen LogP contribution in [0.5, 0.6) is 0 Å². The fourth-order valence-corrected chi connectivity index (χ4v) is 2.62. The van der Waals surface area contributed by atoms with Crippen molar-refractivity contribution in [1.82, 2.24) is 4.98 Å². The molecular weight excluding hydrogens is 242 g/mol. The summed E-state index contributed by atoms with van der Waals surface area (Å²) in [5.41, 5.74) is 8.08. The maximum absolute atomic E-state index is 12.1. The normalized spacial score (nSPS) is 22.8. The Morgan fingerprint density at radius 1 is 1.47 bits per heavy atom. The van der Waals surface area contributed by atoms with E-state index in [1.54, 1.807) is 6.92 Å². The van der Waals surface area contributed by atoms with Gasteiger partial charge in [-0.25, -0.2) is 4.98 Å². The smallest absolute Gasteiger partial charge is 0.227 e. The van der Waals surface area contributed by atoms with Crippen molar-refractivity contribution in [3.05, 3.63) is 24.1 Å². The van der Waals surface area contributed by atoms with Crippen LogP contribution in [-0.2, 0) is 4.79 Å². The van der Waals surface area contributed by atoms with Gasteiger partial charge in [-0.3, -0.25) is 4.79 Å². The topological polar surface area (TPSA) is 81.2 Å². The largest absolute Gasteiger partial charge is 0.441 e. The highest BCUT2D eigenvalue weighted by molar-refractivity contribution is 5.94. The second-order valence-corrected chi connectivity index (χ2v) is 5.17. The third-order valence-corrected chi connectivity index (χ3v) is 3.61. The summed E-state index contributed by atoms with van der Waals surface area (Å²) in [5.74, 6) is 0.706. The number of nitrogens with one attached hydrogen (secondary N) is 1. The summed E-state index contributed by atoms with van der Waals surface area (Å²) >= 11 is 0. The van der Waals surface area contributed by atoms with Crippen LogP contribution in [-0.4, -0.2) is 16.9 Å². The number of carbonyl (C=O) groups is 1. The van der Waals surface area contributed by atoms with Crippen molar-refractivity contribution in [3.63, 3.8) is 0 Å². The molecule has 2 atom stereocenters. The summed E-state index contributed by atoms with van der Waals surface area (Å²) in [6.07, 6.45) is 2.58. The zero-order chi connectivity index (χ0) is 13.4. The molecule has 1 aliphatic carbocycles. The van der Waals surface area contributed by atoms with Crippen molar-refractivity contribution >= 4 is 22.7 Å². The van der Waals surface area contributed by atoms with Gasteiger partial charge in [0.25, 0.3) is 0 Å². The van der Waals surface area contributed by atoms with E-state index in [1.165, 1.54) is 0 Å². The molecule has 19 heavy (non-hydrogen) atoms. The number of benzene rings is 1. The van der Waals surface area contributed by atoms with Gasteiger partial charge in [-0.1, -0.05) is 0 Å². The number of hydrogen-bond acceptors (Lipinski definition) is 4. The number of fused-ring (bicyclic) bond motifs is 1. The van der Waals surface area contributed by atoms with Crippen LogP contribution >= 0.6 is 0 Å². The summed E-state index contributed by atoms with van der Waals surface area (Å²) in [4.78, 5) is 16.3. The standard InChI is InChI=1S/C14H17N3O2/c1-8-16-12-7-11(4-5-13(12)19-8)17-14(18)9-2-3-10(15)6-9/h4-5,7,9-10H,2-3,6,15H2,1H3,(H,17,18). The minimum absolute atomic E-state index is 0.0322. The quantitative estimate of drug-likeness (QED) is 0.866. The predicted molar refractivity (Wildman–Crippen MR) is 72.7 cm³/mol. The van der Waals surface area contributed by atoms with Gasteiger partial charge < -0.3 is 15.5 Å². The Kier molecular flexibility index (Phi) is 2.98. The molecule has 0 spiro atoms. The van der Waals surface area contributed by atoms with E-state index in [4.69, 9.17) is 10.2 Å². The van der Waals surface area contributed by atoms with Crippen LogP contribution < -0.4 is 11.1 Å². The van der Waals surface area contributed by atoms with Crippen LogP contribution in [0.4, 0.5) is 5.69 Å². The fraction of sp³-hybridized carbons (Fsp3) is 0.429. The Labute approximate surface area is 111 Å². The van der Waals surface area contributed by atoms with Gasteiger partial charge >= 0.3 is 0 Å². The molecule has 3 rings (SSSR count). The number of nitrogens with two attached hydrogens (primary N) is 1. The summed E-state index contributed by atoms with van der Waals surface area (Å²) in [6.45, 7) is 1.80. The number of aryl methyl sites for hydroxylation is 1. The van der Waals surface area contributed by atoms with Crippen LogP contribution in [0.15, 0.2) is 22.6 Å². The van der Waals surface area contributed by atoms with Crippen molar-refractivity contribution in [2.45, 2.75) is 32.2 Å². The molecule has 1 saturated carbocycles. The Bertz CT molecular complexity index is 620. The Morgan fingerprint density at radius 3 is 3.05 bits per heavy atom. The first-order chi connectivity index (χ1) is 9.11. The van der Waals surface area contributed by atoms with Gasteiger partial charge in [0.2, 0.25) is 5.91 Å². The van der Waals surface area contributed by atoms with E-state index in [9.17, 15) is 4.79 Å². The van der Waals surface area contributed by atoms with Gasteiger partial charge in [-0.2, -0.15) is 0 Å². The van der Waals surface area contributed by atoms with Crippen LogP contribution in [0, 0.1) is 12.8 Å². The second-order valence-electron chi connectivity index (χ2n) is 5.17. The molecule has 2 unspecified atom stereocenters. The molecule has 0 radical (unpaired) electrons. The third kappa shape index (κ3) is 2.46. The summed E-state index contributed by atoms with van der Waals surface area (Å²) in [5, 5.41) is 2.93. The molecule has 1 aromatic heterocycles. The number of hydrogen-bond donors (Lipinski definition) is 2. The average molecular weight is 259 g/mol. The predicted octanol–water partition coefficient (Wildman–Crippen LogP) is 2.20. The van der Waals surface area contributed by atoms with Gasteiger partial charge in [0.15, 0.2) is 11.5 Å². The van der Waals surface area contributed by atoms with Crippen LogP contribution in [0.1, 0.15) is 25.2 Å². The lowest BCUT2D eigenvalue weighted by Crippen LogP contribution is -2.23. The van der Waals surface area contributed by atoms with Gasteiger partial charge in [0.05, 0.1) is 0 Å². The zero-order valence-electron chi connectivity index (χ0n) is 10.8. The molecule has 1 amide bonds. The molecule has 1 fully saturated rings. The Balaban J connectivity index is 1.75. The van der Waals surface area contributed by atoms with E-state index in [1.807, 2.05) is 18.2 Å². The molecule has 1 aromatic carbocycles. The maximum atomic E-state index is 12.1. The molecule has 5 nitrogen and oxygen atoms in total. The minimum atomic E-state index is 0.0322. The van der Waals surface area contributed by atoms with Crippen LogP contribution in [0.3, 0.4) is 0 Å². The molecule has 0 bridgehead atoms. The van der Waals surface area contributed by atoms with Crippen molar-refractivity contribution < 1.29 is 9.21 Å². The summed E-state index contributed by atoms with van der Waals surface area (Å²) in [6, 6.07) is 5.65. The van der Waals surface area contributed by atoms with Crippen LogP contribution in [0.25, 0.3) is 11.1 Å². The first kappa shape index (κ1) is 12.2. The number of amides is 1. The summed E-state index contributed by atoms with van der Waals surface area (Å²) in [7, 11) is 0. The van der Waals surface area contributed by atoms with Gasteiger partial charge in [0, 0.05) is 24.6 Å². The lowest BCUT2D eigenvalue weighted by atomic mass is 10.1. The average Bonchev–Trinajstić information content (AvgIpc) is 2.93. The lowest BCUT2D eigenvalue weighted by Gasteiger charge is -2.10. The highest BCUT2D eigenvalue weighted by Crippen LogP contribution is 2.26. The second kappa shape index (κ2) is 4.66. The molecule has 3 N–H and O–H groups in total. The van der Waals surface area contributed by atoms with Crippen LogP contribution in [0.2, 0.25) is 0 Å². The molecule has 2 aromatic rings. The van der Waals surface area contributed by atoms with Crippen molar-refractivity contribution in [2.75, 3.05) is 5.32 Å². The third-order valence-electron chi connectivity index (χ3n) is 3.61. The van der Waals surface area contributed by atoms with E-state index in [-0.39, 0.29) is 17.9 Å². The van der Waals surface area contributed by atoms with Crippen molar-refractivity contribution in [2.24, 2.45) is 11.7 Å². The van der Waals surface area contributed by atoms with E-state index in [0.29, 0.717) is 5.89 Å². The molecule has 5 heteroatoms. The van der Waals surface area contributed by atoms with Crippen molar-refractivity contribution in [3.8, 4) is 0 Å². The molecule has 0 saturated heterocycles. The molecular formula is C14H17N3O2. The highest BCUT2D eigenvalue weighted by atomic mass is 16.3. The number of nitrogens with zero attached hydrogens (tertiary/aromatic N) is 1. The molecule has 0 aliphatic heterocycles. The Hall–Kier alpha value is -1.88. The first-order valence-corrected chi connectivity index (χ1v) is 6.55. The zero-order valence-corrected chi connectivity index (χ0v) is 10.8. The maximum Gasteiger partial charge on any atom is 0.227 e. The van der Waals surface area contributed by atoms with E-state index < -0.39 is 0 Å².